The van der Waals surface area contributed by atoms with Crippen LogP contribution >= 0.6 is 23.5 Å². The Hall–Kier alpha value is -2.74. The third-order valence-corrected chi connectivity index (χ3v) is 6.62. The van der Waals surface area contributed by atoms with Crippen LogP contribution in [0.15, 0.2) is 65.6 Å². The van der Waals surface area contributed by atoms with E-state index < -0.39 is 0 Å². The van der Waals surface area contributed by atoms with E-state index in [0.717, 1.165) is 16.7 Å². The molecule has 0 fully saturated rings. The van der Waals surface area contributed by atoms with Crippen LogP contribution in [0.2, 0.25) is 5.02 Å². The van der Waals surface area contributed by atoms with Crippen molar-refractivity contribution in [2.75, 3.05) is 13.7 Å². The zero-order chi connectivity index (χ0) is 21.3. The van der Waals surface area contributed by atoms with Crippen LogP contribution in [0.1, 0.15) is 22.7 Å². The van der Waals surface area contributed by atoms with E-state index in [1.54, 1.807) is 24.3 Å². The average molecular weight is 443 g/mol. The van der Waals surface area contributed by atoms with Gasteiger partial charge >= 0.3 is 0 Å². The maximum atomic E-state index is 11.5. The van der Waals surface area contributed by atoms with Crippen molar-refractivity contribution in [2.45, 2.75) is 17.4 Å². The molecule has 0 radical (unpaired) electrons. The number of nitro groups is 1. The number of ether oxygens (including phenoxy) is 1. The summed E-state index contributed by atoms with van der Waals surface area (Å²) < 4.78 is 7.43. The number of para-hydroxylation sites is 1. The molecular weight excluding hydrogens is 424 g/mol. The zero-order valence-electron chi connectivity index (χ0n) is 16.1. The summed E-state index contributed by atoms with van der Waals surface area (Å²) in [6, 6.07) is 17.6. The first-order chi connectivity index (χ1) is 14.5. The molecule has 6 nitrogen and oxygen atoms in total. The number of nitro benzene ring substituents is 1. The van der Waals surface area contributed by atoms with Crippen LogP contribution in [0.3, 0.4) is 0 Å². The minimum atomic E-state index is -0.369. The van der Waals surface area contributed by atoms with Gasteiger partial charge in [0.15, 0.2) is 11.5 Å². The highest BCUT2D eigenvalue weighted by molar-refractivity contribution is 7.97. The molecule has 0 amide bonds. The van der Waals surface area contributed by atoms with Crippen LogP contribution in [-0.2, 0) is 6.42 Å². The fourth-order valence-electron chi connectivity index (χ4n) is 3.71. The summed E-state index contributed by atoms with van der Waals surface area (Å²) in [7, 11) is 1.51. The Bertz CT molecular complexity index is 1110. The number of aromatic hydroxyl groups is 1. The number of hydrogen-bond acceptors (Lipinski definition) is 6. The molecule has 0 saturated carbocycles. The normalized spacial score (nSPS) is 16.1. The summed E-state index contributed by atoms with van der Waals surface area (Å²) in [6.07, 6.45) is 0.682. The van der Waals surface area contributed by atoms with Gasteiger partial charge in [0.1, 0.15) is 4.90 Å². The molecule has 0 aliphatic carbocycles. The Morgan fingerprint density at radius 3 is 2.63 bits per heavy atom. The molecular formula is C22H19ClN2O4S. The quantitative estimate of drug-likeness (QED) is 0.314. The summed E-state index contributed by atoms with van der Waals surface area (Å²) in [6.45, 7) is 0.630. The Morgan fingerprint density at radius 1 is 1.17 bits per heavy atom. The molecule has 0 bridgehead atoms. The lowest BCUT2D eigenvalue weighted by atomic mass is 9.89. The van der Waals surface area contributed by atoms with Gasteiger partial charge in [-0.25, -0.2) is 4.31 Å². The van der Waals surface area contributed by atoms with E-state index in [0.29, 0.717) is 28.6 Å². The van der Waals surface area contributed by atoms with Crippen molar-refractivity contribution in [2.24, 2.45) is 0 Å². The molecule has 154 valence electrons. The van der Waals surface area contributed by atoms with E-state index in [9.17, 15) is 15.2 Å². The van der Waals surface area contributed by atoms with E-state index >= 15 is 0 Å². The van der Waals surface area contributed by atoms with Gasteiger partial charge in [-0.05, 0) is 59.3 Å². The summed E-state index contributed by atoms with van der Waals surface area (Å²) >= 11 is 7.90. The zero-order valence-corrected chi connectivity index (χ0v) is 17.7. The minimum absolute atomic E-state index is 0.0643. The van der Waals surface area contributed by atoms with Crippen LogP contribution in [0.5, 0.6) is 11.5 Å². The molecule has 1 unspecified atom stereocenters. The number of phenols is 1. The van der Waals surface area contributed by atoms with Gasteiger partial charge in [0.05, 0.1) is 18.1 Å². The van der Waals surface area contributed by atoms with Crippen molar-refractivity contribution >= 4 is 29.2 Å². The van der Waals surface area contributed by atoms with Gasteiger partial charge in [-0.2, -0.15) is 0 Å². The van der Waals surface area contributed by atoms with E-state index in [-0.39, 0.29) is 22.4 Å². The Morgan fingerprint density at radius 2 is 1.90 bits per heavy atom. The lowest BCUT2D eigenvalue weighted by Crippen LogP contribution is -2.31. The number of rotatable bonds is 5. The molecule has 0 spiro atoms. The average Bonchev–Trinajstić information content (AvgIpc) is 2.74. The number of halogens is 1. The third kappa shape index (κ3) is 3.84. The predicted molar refractivity (Wildman–Crippen MR) is 117 cm³/mol. The highest BCUT2D eigenvalue weighted by Crippen LogP contribution is 2.47. The molecule has 3 aromatic rings. The number of benzene rings is 3. The van der Waals surface area contributed by atoms with Crippen LogP contribution in [0, 0.1) is 10.1 Å². The summed E-state index contributed by atoms with van der Waals surface area (Å²) in [5.41, 5.74) is 2.90. The first-order valence-electron chi connectivity index (χ1n) is 9.32. The van der Waals surface area contributed by atoms with E-state index in [2.05, 4.69) is 4.31 Å². The highest BCUT2D eigenvalue weighted by Gasteiger charge is 2.33. The van der Waals surface area contributed by atoms with E-state index in [1.165, 1.54) is 25.1 Å². The molecule has 8 heteroatoms. The first-order valence-corrected chi connectivity index (χ1v) is 10.5. The third-order valence-electron chi connectivity index (χ3n) is 5.10. The predicted octanol–water partition coefficient (Wildman–Crippen LogP) is 5.62. The number of phenolic OH excluding ortho intramolecular Hbond substituents is 1. The fourth-order valence-corrected chi connectivity index (χ4v) is 5.09. The van der Waals surface area contributed by atoms with Gasteiger partial charge < -0.3 is 9.84 Å². The molecule has 1 aliphatic heterocycles. The number of fused-ring (bicyclic) bond motifs is 1. The molecule has 0 aromatic heterocycles. The topological polar surface area (TPSA) is 75.8 Å². The van der Waals surface area contributed by atoms with Crippen molar-refractivity contribution in [1.82, 2.24) is 4.31 Å². The molecule has 1 heterocycles. The van der Waals surface area contributed by atoms with Gasteiger partial charge in [0.2, 0.25) is 0 Å². The van der Waals surface area contributed by atoms with Crippen LogP contribution in [0.25, 0.3) is 0 Å². The van der Waals surface area contributed by atoms with Gasteiger partial charge in [0.25, 0.3) is 5.69 Å². The van der Waals surface area contributed by atoms with Gasteiger partial charge in [0, 0.05) is 17.6 Å². The minimum Gasteiger partial charge on any atom is -0.504 e. The van der Waals surface area contributed by atoms with Crippen molar-refractivity contribution in [3.05, 3.63) is 92.5 Å². The number of nitrogens with zero attached hydrogens (tertiary/aromatic N) is 2. The van der Waals surface area contributed by atoms with E-state index in [1.807, 2.05) is 30.3 Å². The second-order valence-corrected chi connectivity index (χ2v) is 8.35. The second kappa shape index (κ2) is 8.55. The van der Waals surface area contributed by atoms with E-state index in [4.69, 9.17) is 16.3 Å². The van der Waals surface area contributed by atoms with Crippen molar-refractivity contribution in [3.63, 3.8) is 0 Å². The molecule has 1 atom stereocenters. The summed E-state index contributed by atoms with van der Waals surface area (Å²) in [5, 5.41) is 22.3. The fraction of sp³-hybridized carbons (Fsp3) is 0.182. The standard InChI is InChI=1S/C22H19ClN2O4S/c1-29-20-13-16-14(12-19(20)26)10-11-24(22(16)15-6-2-3-7-17(15)23)30-21-9-5-4-8-18(21)25(27)28/h2-9,12-13,22,26H,10-11H2,1H3. The monoisotopic (exact) mass is 442 g/mol. The van der Waals surface area contributed by atoms with Gasteiger partial charge in [-0.15, -0.1) is 0 Å². The molecule has 30 heavy (non-hydrogen) atoms. The Labute approximate surface area is 183 Å². The number of methoxy groups -OCH3 is 1. The first kappa shape index (κ1) is 20.5. The smallest absolute Gasteiger partial charge is 0.284 e. The largest absolute Gasteiger partial charge is 0.504 e. The van der Waals surface area contributed by atoms with Gasteiger partial charge in [-0.3, -0.25) is 10.1 Å². The number of hydrogen-bond donors (Lipinski definition) is 1. The maximum absolute atomic E-state index is 11.5. The maximum Gasteiger partial charge on any atom is 0.284 e. The molecule has 1 aliphatic rings. The molecule has 1 N–H and O–H groups in total. The molecule has 0 saturated heterocycles. The molecule has 4 rings (SSSR count). The van der Waals surface area contributed by atoms with Crippen LogP contribution in [0.4, 0.5) is 5.69 Å². The van der Waals surface area contributed by atoms with Gasteiger partial charge in [-0.1, -0.05) is 41.9 Å². The lowest BCUT2D eigenvalue weighted by Gasteiger charge is -2.37. The lowest BCUT2D eigenvalue weighted by molar-refractivity contribution is -0.387. The van der Waals surface area contributed by atoms with Crippen LogP contribution < -0.4 is 4.74 Å². The SMILES string of the molecule is COc1cc2c(cc1O)CCN(Sc1ccccc1[N+](=O)[O-])C2c1ccccc1Cl. The van der Waals surface area contributed by atoms with Crippen molar-refractivity contribution < 1.29 is 14.8 Å². The summed E-state index contributed by atoms with van der Waals surface area (Å²) in [5.74, 6) is 0.470. The van der Waals surface area contributed by atoms with Crippen LogP contribution in [-0.4, -0.2) is 28.0 Å². The Balaban J connectivity index is 1.83. The molecule has 3 aromatic carbocycles. The summed E-state index contributed by atoms with van der Waals surface area (Å²) in [4.78, 5) is 11.7. The highest BCUT2D eigenvalue weighted by atomic mass is 35.5. The van der Waals surface area contributed by atoms with Crippen molar-refractivity contribution in [3.8, 4) is 11.5 Å². The van der Waals surface area contributed by atoms with Crippen molar-refractivity contribution in [1.29, 1.82) is 0 Å². The second-order valence-electron chi connectivity index (χ2n) is 6.85. The Kier molecular flexibility index (Phi) is 5.85.